The van der Waals surface area contributed by atoms with Crippen molar-refractivity contribution in [1.82, 2.24) is 14.5 Å². The molecule has 0 amide bonds. The standard InChI is InChI=1S/C16H17N3OS/c1-19-9-5-12-11(4-8-17-14(12)19)13-10-18-15(21-13)16(20-2)6-3-7-16/h4-5,8-10H,3,6-7H2,1-2H3. The largest absolute Gasteiger partial charge is 0.371 e. The Morgan fingerprint density at radius 1 is 1.29 bits per heavy atom. The van der Waals surface area contributed by atoms with Gasteiger partial charge in [-0.15, -0.1) is 11.3 Å². The van der Waals surface area contributed by atoms with E-state index < -0.39 is 0 Å². The molecule has 0 spiro atoms. The Labute approximate surface area is 127 Å². The van der Waals surface area contributed by atoms with Gasteiger partial charge in [0.25, 0.3) is 0 Å². The molecule has 3 aromatic heterocycles. The minimum Gasteiger partial charge on any atom is -0.371 e. The highest BCUT2D eigenvalue weighted by atomic mass is 32.1. The van der Waals surface area contributed by atoms with Crippen LogP contribution in [0.2, 0.25) is 0 Å². The fourth-order valence-corrected chi connectivity index (χ4v) is 4.17. The summed E-state index contributed by atoms with van der Waals surface area (Å²) in [4.78, 5) is 10.3. The molecular weight excluding hydrogens is 282 g/mol. The Kier molecular flexibility index (Phi) is 2.87. The maximum atomic E-state index is 5.73. The van der Waals surface area contributed by atoms with E-state index in [-0.39, 0.29) is 5.60 Å². The fraction of sp³-hybridized carbons (Fsp3) is 0.375. The molecule has 108 valence electrons. The van der Waals surface area contributed by atoms with Crippen molar-refractivity contribution in [3.63, 3.8) is 0 Å². The Balaban J connectivity index is 1.81. The number of hydrogen-bond acceptors (Lipinski definition) is 4. The number of nitrogens with zero attached hydrogens (tertiary/aromatic N) is 3. The highest BCUT2D eigenvalue weighted by Crippen LogP contribution is 2.47. The first-order valence-electron chi connectivity index (χ1n) is 7.15. The molecule has 0 unspecified atom stereocenters. The number of fused-ring (bicyclic) bond motifs is 1. The van der Waals surface area contributed by atoms with Gasteiger partial charge >= 0.3 is 0 Å². The molecule has 1 saturated carbocycles. The molecule has 0 saturated heterocycles. The molecule has 1 aliphatic carbocycles. The number of hydrogen-bond donors (Lipinski definition) is 0. The van der Waals surface area contributed by atoms with Crippen molar-refractivity contribution in [2.24, 2.45) is 7.05 Å². The first kappa shape index (κ1) is 13.0. The minimum absolute atomic E-state index is 0.133. The van der Waals surface area contributed by atoms with Crippen LogP contribution in [0.4, 0.5) is 0 Å². The molecule has 1 aliphatic rings. The first-order valence-corrected chi connectivity index (χ1v) is 7.97. The Morgan fingerprint density at radius 3 is 2.86 bits per heavy atom. The Morgan fingerprint density at radius 2 is 2.14 bits per heavy atom. The summed E-state index contributed by atoms with van der Waals surface area (Å²) in [6.07, 6.45) is 9.26. The predicted octanol–water partition coefficient (Wildman–Crippen LogP) is 3.72. The lowest BCUT2D eigenvalue weighted by molar-refractivity contribution is -0.0779. The van der Waals surface area contributed by atoms with Gasteiger partial charge in [0.2, 0.25) is 0 Å². The number of rotatable bonds is 3. The maximum absolute atomic E-state index is 5.73. The van der Waals surface area contributed by atoms with E-state index in [0.717, 1.165) is 23.5 Å². The lowest BCUT2D eigenvalue weighted by Gasteiger charge is -2.38. The minimum atomic E-state index is -0.133. The number of aryl methyl sites for hydroxylation is 1. The van der Waals surface area contributed by atoms with E-state index >= 15 is 0 Å². The molecule has 0 radical (unpaired) electrons. The van der Waals surface area contributed by atoms with E-state index in [1.165, 1.54) is 22.2 Å². The van der Waals surface area contributed by atoms with Crippen LogP contribution in [0.15, 0.2) is 30.7 Å². The lowest BCUT2D eigenvalue weighted by atomic mass is 9.80. The van der Waals surface area contributed by atoms with E-state index in [1.54, 1.807) is 18.4 Å². The monoisotopic (exact) mass is 299 g/mol. The molecule has 1 fully saturated rings. The van der Waals surface area contributed by atoms with Crippen LogP contribution < -0.4 is 0 Å². The number of methoxy groups -OCH3 is 1. The van der Waals surface area contributed by atoms with Crippen LogP contribution in [0.3, 0.4) is 0 Å². The van der Waals surface area contributed by atoms with Crippen molar-refractivity contribution in [3.05, 3.63) is 35.7 Å². The first-order chi connectivity index (χ1) is 10.2. The average Bonchev–Trinajstić information content (AvgIpc) is 3.07. The van der Waals surface area contributed by atoms with Gasteiger partial charge < -0.3 is 9.30 Å². The van der Waals surface area contributed by atoms with Gasteiger partial charge in [-0.3, -0.25) is 0 Å². The van der Waals surface area contributed by atoms with E-state index in [4.69, 9.17) is 4.74 Å². The summed E-state index contributed by atoms with van der Waals surface area (Å²) in [5, 5.41) is 2.28. The van der Waals surface area contributed by atoms with Crippen molar-refractivity contribution in [1.29, 1.82) is 0 Å². The summed E-state index contributed by atoms with van der Waals surface area (Å²) in [5.74, 6) is 0. The highest BCUT2D eigenvalue weighted by Gasteiger charge is 2.41. The molecule has 3 heterocycles. The molecule has 3 aromatic rings. The van der Waals surface area contributed by atoms with Gasteiger partial charge in [0.15, 0.2) is 0 Å². The predicted molar refractivity (Wildman–Crippen MR) is 84.4 cm³/mol. The zero-order valence-electron chi connectivity index (χ0n) is 12.2. The number of thiazole rings is 1. The fourth-order valence-electron chi connectivity index (χ4n) is 2.99. The van der Waals surface area contributed by atoms with Gasteiger partial charge in [-0.1, -0.05) is 0 Å². The smallest absolute Gasteiger partial charge is 0.140 e. The second kappa shape index (κ2) is 4.64. The van der Waals surface area contributed by atoms with Crippen LogP contribution >= 0.6 is 11.3 Å². The Hall–Kier alpha value is -1.72. The summed E-state index contributed by atoms with van der Waals surface area (Å²) in [5.41, 5.74) is 2.08. The van der Waals surface area contributed by atoms with Crippen LogP contribution in [0.5, 0.6) is 0 Å². The van der Waals surface area contributed by atoms with Crippen LogP contribution in [0.1, 0.15) is 24.3 Å². The summed E-state index contributed by atoms with van der Waals surface area (Å²) in [6, 6.07) is 4.19. The molecule has 0 aliphatic heterocycles. The third kappa shape index (κ3) is 1.84. The second-order valence-corrected chi connectivity index (χ2v) is 6.63. The van der Waals surface area contributed by atoms with Crippen molar-refractivity contribution in [2.45, 2.75) is 24.9 Å². The summed E-state index contributed by atoms with van der Waals surface area (Å²) >= 11 is 1.74. The Bertz CT molecular complexity index is 795. The van der Waals surface area contributed by atoms with Gasteiger partial charge in [-0.2, -0.15) is 0 Å². The van der Waals surface area contributed by atoms with Crippen molar-refractivity contribution in [3.8, 4) is 10.4 Å². The van der Waals surface area contributed by atoms with Gasteiger partial charge in [0, 0.05) is 43.7 Å². The van der Waals surface area contributed by atoms with Gasteiger partial charge in [-0.25, -0.2) is 9.97 Å². The van der Waals surface area contributed by atoms with E-state index in [2.05, 4.69) is 22.1 Å². The number of ether oxygens (including phenoxy) is 1. The second-order valence-electron chi connectivity index (χ2n) is 5.60. The number of aromatic nitrogens is 3. The lowest BCUT2D eigenvalue weighted by Crippen LogP contribution is -2.35. The van der Waals surface area contributed by atoms with Gasteiger partial charge in [0.1, 0.15) is 16.3 Å². The van der Waals surface area contributed by atoms with E-state index in [1.807, 2.05) is 30.2 Å². The topological polar surface area (TPSA) is 39.9 Å². The normalized spacial score (nSPS) is 17.0. The van der Waals surface area contributed by atoms with Gasteiger partial charge in [0.05, 0.1) is 4.88 Å². The van der Waals surface area contributed by atoms with Crippen LogP contribution in [-0.4, -0.2) is 21.6 Å². The van der Waals surface area contributed by atoms with E-state index in [9.17, 15) is 0 Å². The van der Waals surface area contributed by atoms with Crippen molar-refractivity contribution in [2.75, 3.05) is 7.11 Å². The quantitative estimate of drug-likeness (QED) is 0.740. The molecule has 0 bridgehead atoms. The third-order valence-electron chi connectivity index (χ3n) is 4.48. The molecule has 0 aromatic carbocycles. The maximum Gasteiger partial charge on any atom is 0.140 e. The molecule has 4 nitrogen and oxygen atoms in total. The number of pyridine rings is 1. The SMILES string of the molecule is COC1(c2ncc(-c3ccnc4c3ccn4C)s2)CCC1. The van der Waals surface area contributed by atoms with Crippen molar-refractivity contribution >= 4 is 22.4 Å². The summed E-state index contributed by atoms with van der Waals surface area (Å²) in [7, 11) is 3.81. The highest BCUT2D eigenvalue weighted by molar-refractivity contribution is 7.15. The van der Waals surface area contributed by atoms with E-state index in [0.29, 0.717) is 0 Å². The molecule has 5 heteroatoms. The van der Waals surface area contributed by atoms with Crippen LogP contribution in [-0.2, 0) is 17.4 Å². The average molecular weight is 299 g/mol. The summed E-state index contributed by atoms with van der Waals surface area (Å²) in [6.45, 7) is 0. The molecular formula is C16H17N3OS. The zero-order chi connectivity index (χ0) is 14.4. The molecule has 0 N–H and O–H groups in total. The zero-order valence-corrected chi connectivity index (χ0v) is 13.0. The third-order valence-corrected chi connectivity index (χ3v) is 5.70. The molecule has 0 atom stereocenters. The van der Waals surface area contributed by atoms with Crippen molar-refractivity contribution < 1.29 is 4.74 Å². The van der Waals surface area contributed by atoms with Gasteiger partial charge in [-0.05, 0) is 31.4 Å². The molecule has 21 heavy (non-hydrogen) atoms. The van der Waals surface area contributed by atoms with Crippen LogP contribution in [0.25, 0.3) is 21.5 Å². The summed E-state index contributed by atoms with van der Waals surface area (Å²) < 4.78 is 7.78. The van der Waals surface area contributed by atoms with Crippen LogP contribution in [0, 0.1) is 0 Å². The molecule has 4 rings (SSSR count).